The maximum absolute atomic E-state index is 5.80. The fourth-order valence-corrected chi connectivity index (χ4v) is 2.99. The third-order valence-electron chi connectivity index (χ3n) is 3.24. The fourth-order valence-electron chi connectivity index (χ4n) is 2.48. The molecule has 0 aromatic heterocycles. The van der Waals surface area contributed by atoms with Crippen molar-refractivity contribution >= 4 is 15.9 Å². The number of hydrogen-bond donors (Lipinski definition) is 0. The van der Waals surface area contributed by atoms with E-state index in [2.05, 4.69) is 35.0 Å². The molecule has 0 amide bonds. The number of fused-ring (bicyclic) bond motifs is 1. The molecule has 1 unspecified atom stereocenters. The van der Waals surface area contributed by atoms with Gasteiger partial charge in [0.05, 0.1) is 19.8 Å². The van der Waals surface area contributed by atoms with Crippen molar-refractivity contribution in [2.24, 2.45) is 0 Å². The molecule has 1 aliphatic rings. The highest BCUT2D eigenvalue weighted by Gasteiger charge is 2.25. The summed E-state index contributed by atoms with van der Waals surface area (Å²) in [6.45, 7) is 3.00. The Morgan fingerprint density at radius 2 is 2.29 bits per heavy atom. The van der Waals surface area contributed by atoms with E-state index in [0.717, 1.165) is 36.9 Å². The van der Waals surface area contributed by atoms with Crippen molar-refractivity contribution in [3.05, 3.63) is 28.8 Å². The zero-order valence-electron chi connectivity index (χ0n) is 10.5. The number of methoxy groups -OCH3 is 1. The van der Waals surface area contributed by atoms with E-state index < -0.39 is 0 Å². The first kappa shape index (κ1) is 12.9. The summed E-state index contributed by atoms with van der Waals surface area (Å²) in [4.78, 5) is 0. The Bertz CT molecular complexity index is 390. The van der Waals surface area contributed by atoms with Gasteiger partial charge < -0.3 is 9.47 Å². The lowest BCUT2D eigenvalue weighted by molar-refractivity contribution is 0.0574. The summed E-state index contributed by atoms with van der Waals surface area (Å²) < 4.78 is 11.4. The van der Waals surface area contributed by atoms with Gasteiger partial charge in [0.15, 0.2) is 0 Å². The molecule has 94 valence electrons. The molecular weight excluding hydrogens is 280 g/mol. The van der Waals surface area contributed by atoms with Crippen molar-refractivity contribution in [3.63, 3.8) is 0 Å². The summed E-state index contributed by atoms with van der Waals surface area (Å²) in [5.41, 5.74) is 3.92. The summed E-state index contributed by atoms with van der Waals surface area (Å²) in [6.07, 6.45) is 3.31. The van der Waals surface area contributed by atoms with Crippen LogP contribution in [0.1, 0.15) is 36.1 Å². The van der Waals surface area contributed by atoms with Gasteiger partial charge in [-0.3, -0.25) is 0 Å². The first-order chi connectivity index (χ1) is 8.31. The monoisotopic (exact) mass is 298 g/mol. The molecule has 1 aromatic rings. The van der Waals surface area contributed by atoms with Crippen LogP contribution in [0.3, 0.4) is 0 Å². The number of hydrogen-bond acceptors (Lipinski definition) is 2. The standard InChI is InChI=1S/C14H19BrO2/c1-3-4-11-6-5-10-7-8-17-12(9-15)13(10)14(11)16-2/h5-6,12H,3-4,7-9H2,1-2H3. The predicted octanol–water partition coefficient (Wildman–Crippen LogP) is 3.66. The zero-order chi connectivity index (χ0) is 12.3. The zero-order valence-corrected chi connectivity index (χ0v) is 12.0. The Morgan fingerprint density at radius 3 is 2.94 bits per heavy atom. The molecule has 0 radical (unpaired) electrons. The summed E-state index contributed by atoms with van der Waals surface area (Å²) in [5.74, 6) is 1.04. The summed E-state index contributed by atoms with van der Waals surface area (Å²) in [5, 5.41) is 0.825. The molecule has 0 saturated heterocycles. The van der Waals surface area contributed by atoms with Gasteiger partial charge in [0, 0.05) is 10.9 Å². The lowest BCUT2D eigenvalue weighted by Gasteiger charge is -2.28. The summed E-state index contributed by atoms with van der Waals surface area (Å²) in [6, 6.07) is 4.44. The van der Waals surface area contributed by atoms with Crippen LogP contribution in [0.2, 0.25) is 0 Å². The van der Waals surface area contributed by atoms with Crippen LogP contribution in [0.15, 0.2) is 12.1 Å². The lowest BCUT2D eigenvalue weighted by Crippen LogP contribution is -2.19. The maximum Gasteiger partial charge on any atom is 0.128 e. The quantitative estimate of drug-likeness (QED) is 0.790. The molecule has 2 rings (SSSR count). The minimum absolute atomic E-state index is 0.130. The largest absolute Gasteiger partial charge is 0.496 e. The minimum Gasteiger partial charge on any atom is -0.496 e. The number of halogens is 1. The highest BCUT2D eigenvalue weighted by atomic mass is 79.9. The third kappa shape index (κ3) is 2.50. The molecule has 0 N–H and O–H groups in total. The Morgan fingerprint density at radius 1 is 1.47 bits per heavy atom. The smallest absolute Gasteiger partial charge is 0.128 e. The van der Waals surface area contributed by atoms with E-state index in [-0.39, 0.29) is 6.10 Å². The molecule has 0 saturated carbocycles. The number of ether oxygens (including phenoxy) is 2. The Balaban J connectivity index is 2.48. The minimum atomic E-state index is 0.130. The van der Waals surface area contributed by atoms with Gasteiger partial charge in [0.2, 0.25) is 0 Å². The van der Waals surface area contributed by atoms with Crippen molar-refractivity contribution in [3.8, 4) is 5.75 Å². The molecule has 1 aliphatic heterocycles. The molecule has 17 heavy (non-hydrogen) atoms. The maximum atomic E-state index is 5.80. The molecule has 0 spiro atoms. The number of aryl methyl sites for hydroxylation is 1. The van der Waals surface area contributed by atoms with Crippen LogP contribution in [0.4, 0.5) is 0 Å². The predicted molar refractivity (Wildman–Crippen MR) is 73.2 cm³/mol. The van der Waals surface area contributed by atoms with Crippen molar-refractivity contribution in [2.75, 3.05) is 19.0 Å². The highest BCUT2D eigenvalue weighted by Crippen LogP contribution is 2.38. The number of alkyl halides is 1. The first-order valence-electron chi connectivity index (χ1n) is 6.18. The van der Waals surface area contributed by atoms with Crippen molar-refractivity contribution < 1.29 is 9.47 Å². The van der Waals surface area contributed by atoms with Gasteiger partial charge in [-0.25, -0.2) is 0 Å². The molecule has 3 heteroatoms. The molecule has 1 atom stereocenters. The average molecular weight is 299 g/mol. The van der Waals surface area contributed by atoms with E-state index in [9.17, 15) is 0 Å². The van der Waals surface area contributed by atoms with Gasteiger partial charge in [0.25, 0.3) is 0 Å². The molecule has 2 nitrogen and oxygen atoms in total. The summed E-state index contributed by atoms with van der Waals surface area (Å²) in [7, 11) is 1.76. The normalized spacial score (nSPS) is 18.9. The lowest BCUT2D eigenvalue weighted by atomic mass is 9.93. The fraction of sp³-hybridized carbons (Fsp3) is 0.571. The van der Waals surface area contributed by atoms with E-state index in [4.69, 9.17) is 9.47 Å². The SMILES string of the molecule is CCCc1ccc2c(c1OC)C(CBr)OCC2. The van der Waals surface area contributed by atoms with Crippen LogP contribution in [0.25, 0.3) is 0 Å². The molecule has 1 aromatic carbocycles. The van der Waals surface area contributed by atoms with Crippen molar-refractivity contribution in [2.45, 2.75) is 32.3 Å². The molecule has 1 heterocycles. The van der Waals surface area contributed by atoms with Crippen LogP contribution in [-0.4, -0.2) is 19.0 Å². The van der Waals surface area contributed by atoms with E-state index in [1.807, 2.05) is 0 Å². The van der Waals surface area contributed by atoms with Crippen LogP contribution >= 0.6 is 15.9 Å². The van der Waals surface area contributed by atoms with Gasteiger partial charge in [-0.05, 0) is 24.0 Å². The topological polar surface area (TPSA) is 18.5 Å². The second kappa shape index (κ2) is 5.87. The Hall–Kier alpha value is -0.540. The van der Waals surface area contributed by atoms with Gasteiger partial charge >= 0.3 is 0 Å². The van der Waals surface area contributed by atoms with E-state index in [1.165, 1.54) is 16.7 Å². The molecule has 0 aliphatic carbocycles. The van der Waals surface area contributed by atoms with E-state index in [0.29, 0.717) is 0 Å². The Labute approximate surface area is 111 Å². The second-order valence-electron chi connectivity index (χ2n) is 4.34. The van der Waals surface area contributed by atoms with Crippen LogP contribution in [-0.2, 0) is 17.6 Å². The first-order valence-corrected chi connectivity index (χ1v) is 7.30. The summed E-state index contributed by atoms with van der Waals surface area (Å²) >= 11 is 3.53. The third-order valence-corrected chi connectivity index (χ3v) is 3.83. The van der Waals surface area contributed by atoms with Crippen LogP contribution in [0.5, 0.6) is 5.75 Å². The van der Waals surface area contributed by atoms with Gasteiger partial charge in [-0.2, -0.15) is 0 Å². The molecular formula is C14H19BrO2. The van der Waals surface area contributed by atoms with E-state index >= 15 is 0 Å². The van der Waals surface area contributed by atoms with Crippen LogP contribution in [0, 0.1) is 0 Å². The highest BCUT2D eigenvalue weighted by molar-refractivity contribution is 9.09. The Kier molecular flexibility index (Phi) is 4.46. The van der Waals surface area contributed by atoms with Crippen molar-refractivity contribution in [1.82, 2.24) is 0 Å². The average Bonchev–Trinajstić information content (AvgIpc) is 2.38. The van der Waals surface area contributed by atoms with Crippen molar-refractivity contribution in [1.29, 1.82) is 0 Å². The van der Waals surface area contributed by atoms with Gasteiger partial charge in [-0.1, -0.05) is 41.4 Å². The molecule has 0 bridgehead atoms. The number of rotatable bonds is 4. The van der Waals surface area contributed by atoms with Gasteiger partial charge in [-0.15, -0.1) is 0 Å². The van der Waals surface area contributed by atoms with Gasteiger partial charge in [0.1, 0.15) is 5.75 Å². The van der Waals surface area contributed by atoms with Crippen LogP contribution < -0.4 is 4.74 Å². The number of benzene rings is 1. The second-order valence-corrected chi connectivity index (χ2v) is 4.99. The van der Waals surface area contributed by atoms with E-state index in [1.54, 1.807) is 7.11 Å². The molecule has 0 fully saturated rings.